The molecule has 21 heavy (non-hydrogen) atoms. The van der Waals surface area contributed by atoms with Crippen LogP contribution < -0.4 is 5.73 Å². The Labute approximate surface area is 124 Å². The summed E-state index contributed by atoms with van der Waals surface area (Å²) in [7, 11) is 0. The van der Waals surface area contributed by atoms with Crippen LogP contribution in [0.1, 0.15) is 30.4 Å². The van der Waals surface area contributed by atoms with Crippen LogP contribution in [0.5, 0.6) is 0 Å². The van der Waals surface area contributed by atoms with E-state index < -0.39 is 5.97 Å². The average Bonchev–Trinajstić information content (AvgIpc) is 2.42. The Balaban J connectivity index is 1.91. The molecule has 5 heteroatoms. The van der Waals surface area contributed by atoms with Crippen molar-refractivity contribution in [3.63, 3.8) is 0 Å². The standard InChI is InChI=1S/C16H22N2O3/c17-15(19)9-12-5-7-18(8-6-12)11-14-4-2-1-3-13(14)10-16(20)21/h1-4,12H,5-11H2,(H2,17,19)(H,20,21). The summed E-state index contributed by atoms with van der Waals surface area (Å²) in [5, 5.41) is 8.96. The maximum Gasteiger partial charge on any atom is 0.307 e. The number of aliphatic carboxylic acids is 1. The molecule has 1 amide bonds. The monoisotopic (exact) mass is 290 g/mol. The summed E-state index contributed by atoms with van der Waals surface area (Å²) in [6.45, 7) is 2.63. The van der Waals surface area contributed by atoms with Crippen LogP contribution in [0, 0.1) is 5.92 Å². The van der Waals surface area contributed by atoms with E-state index in [1.165, 1.54) is 0 Å². The number of rotatable bonds is 6. The lowest BCUT2D eigenvalue weighted by Gasteiger charge is -2.31. The quantitative estimate of drug-likeness (QED) is 0.829. The number of piperidine rings is 1. The van der Waals surface area contributed by atoms with Crippen molar-refractivity contribution in [2.24, 2.45) is 11.7 Å². The summed E-state index contributed by atoms with van der Waals surface area (Å²) < 4.78 is 0. The first-order chi connectivity index (χ1) is 10.0. The highest BCUT2D eigenvalue weighted by Gasteiger charge is 2.21. The van der Waals surface area contributed by atoms with Gasteiger partial charge >= 0.3 is 5.97 Å². The molecule has 1 fully saturated rings. The van der Waals surface area contributed by atoms with E-state index in [1.54, 1.807) is 0 Å². The first-order valence-electron chi connectivity index (χ1n) is 7.34. The van der Waals surface area contributed by atoms with Gasteiger partial charge in [-0.05, 0) is 43.0 Å². The molecule has 0 unspecified atom stereocenters. The highest BCUT2D eigenvalue weighted by molar-refractivity contribution is 5.74. The van der Waals surface area contributed by atoms with Crippen molar-refractivity contribution in [3.05, 3.63) is 35.4 Å². The van der Waals surface area contributed by atoms with Crippen LogP contribution in [0.15, 0.2) is 24.3 Å². The smallest absolute Gasteiger partial charge is 0.307 e. The van der Waals surface area contributed by atoms with Crippen LogP contribution in [0.25, 0.3) is 0 Å². The van der Waals surface area contributed by atoms with Crippen molar-refractivity contribution < 1.29 is 14.7 Å². The van der Waals surface area contributed by atoms with Crippen LogP contribution >= 0.6 is 0 Å². The van der Waals surface area contributed by atoms with Gasteiger partial charge in [0.15, 0.2) is 0 Å². The number of carbonyl (C=O) groups is 2. The molecule has 1 aromatic carbocycles. The largest absolute Gasteiger partial charge is 0.481 e. The molecule has 5 nitrogen and oxygen atoms in total. The van der Waals surface area contributed by atoms with E-state index >= 15 is 0 Å². The van der Waals surface area contributed by atoms with Crippen molar-refractivity contribution in [2.45, 2.75) is 32.2 Å². The molecule has 1 aliphatic heterocycles. The van der Waals surface area contributed by atoms with Gasteiger partial charge in [-0.2, -0.15) is 0 Å². The van der Waals surface area contributed by atoms with E-state index in [2.05, 4.69) is 4.90 Å². The Hall–Kier alpha value is -1.88. The molecule has 114 valence electrons. The van der Waals surface area contributed by atoms with Crippen molar-refractivity contribution in [3.8, 4) is 0 Å². The van der Waals surface area contributed by atoms with E-state index in [9.17, 15) is 9.59 Å². The molecule has 0 aliphatic carbocycles. The van der Waals surface area contributed by atoms with Gasteiger partial charge in [-0.1, -0.05) is 24.3 Å². The molecule has 0 atom stereocenters. The SMILES string of the molecule is NC(=O)CC1CCN(Cc2ccccc2CC(=O)O)CC1. The highest BCUT2D eigenvalue weighted by Crippen LogP contribution is 2.22. The molecule has 0 saturated carbocycles. The first-order valence-corrected chi connectivity index (χ1v) is 7.34. The first kappa shape index (κ1) is 15.5. The molecule has 0 radical (unpaired) electrons. The lowest BCUT2D eigenvalue weighted by Crippen LogP contribution is -2.34. The molecule has 0 aromatic heterocycles. The highest BCUT2D eigenvalue weighted by atomic mass is 16.4. The molecule has 1 heterocycles. The Morgan fingerprint density at radius 1 is 1.19 bits per heavy atom. The summed E-state index contributed by atoms with van der Waals surface area (Å²) in [6, 6.07) is 7.69. The third-order valence-electron chi connectivity index (χ3n) is 4.05. The van der Waals surface area contributed by atoms with Gasteiger partial charge in [-0.3, -0.25) is 14.5 Å². The number of benzene rings is 1. The Bertz CT molecular complexity index is 508. The number of primary amides is 1. The number of nitrogens with zero attached hydrogens (tertiary/aromatic N) is 1. The Morgan fingerprint density at radius 2 is 1.81 bits per heavy atom. The number of carbonyl (C=O) groups excluding carboxylic acids is 1. The normalized spacial score (nSPS) is 16.8. The zero-order chi connectivity index (χ0) is 15.2. The number of carboxylic acids is 1. The van der Waals surface area contributed by atoms with E-state index in [0.29, 0.717) is 12.3 Å². The van der Waals surface area contributed by atoms with Gasteiger partial charge < -0.3 is 10.8 Å². The summed E-state index contributed by atoms with van der Waals surface area (Å²) in [5.41, 5.74) is 7.20. The minimum absolute atomic E-state index is 0.0638. The predicted molar refractivity (Wildman–Crippen MR) is 79.6 cm³/mol. The van der Waals surface area contributed by atoms with Gasteiger partial charge in [0.05, 0.1) is 6.42 Å². The summed E-state index contributed by atoms with van der Waals surface area (Å²) >= 11 is 0. The molecule has 3 N–H and O–H groups in total. The van der Waals surface area contributed by atoms with E-state index in [-0.39, 0.29) is 12.3 Å². The summed E-state index contributed by atoms with van der Waals surface area (Å²) in [4.78, 5) is 24.2. The van der Waals surface area contributed by atoms with Crippen LogP contribution in [0.3, 0.4) is 0 Å². The number of hydrogen-bond donors (Lipinski definition) is 2. The van der Waals surface area contributed by atoms with Crippen molar-refractivity contribution in [1.29, 1.82) is 0 Å². The maximum absolute atomic E-state index is 10.9. The van der Waals surface area contributed by atoms with E-state index in [0.717, 1.165) is 43.6 Å². The molecule has 1 saturated heterocycles. The van der Waals surface area contributed by atoms with Crippen LogP contribution in [-0.2, 0) is 22.6 Å². The van der Waals surface area contributed by atoms with Gasteiger partial charge in [0.25, 0.3) is 0 Å². The predicted octanol–water partition coefficient (Wildman–Crippen LogP) is 1.40. The molecule has 0 bridgehead atoms. The molecular formula is C16H22N2O3. The lowest BCUT2D eigenvalue weighted by molar-refractivity contribution is -0.136. The maximum atomic E-state index is 10.9. The van der Waals surface area contributed by atoms with Gasteiger partial charge in [0, 0.05) is 13.0 Å². The number of amides is 1. The minimum Gasteiger partial charge on any atom is -0.481 e. The zero-order valence-electron chi connectivity index (χ0n) is 12.1. The van der Waals surface area contributed by atoms with Gasteiger partial charge in [-0.15, -0.1) is 0 Å². The third-order valence-corrected chi connectivity index (χ3v) is 4.05. The van der Waals surface area contributed by atoms with E-state index in [4.69, 9.17) is 10.8 Å². The number of hydrogen-bond acceptors (Lipinski definition) is 3. The topological polar surface area (TPSA) is 83.6 Å². The van der Waals surface area contributed by atoms with Crippen LogP contribution in [0.2, 0.25) is 0 Å². The molecule has 2 rings (SSSR count). The number of carboxylic acid groups (broad SMARTS) is 1. The third kappa shape index (κ3) is 4.86. The second-order valence-corrected chi connectivity index (χ2v) is 5.73. The average molecular weight is 290 g/mol. The Morgan fingerprint density at radius 3 is 2.38 bits per heavy atom. The van der Waals surface area contributed by atoms with E-state index in [1.807, 2.05) is 24.3 Å². The Kier molecular flexibility index (Phi) is 5.33. The number of nitrogens with two attached hydrogens (primary N) is 1. The fraction of sp³-hybridized carbons (Fsp3) is 0.500. The fourth-order valence-corrected chi connectivity index (χ4v) is 2.92. The van der Waals surface area contributed by atoms with Crippen molar-refractivity contribution in [1.82, 2.24) is 4.90 Å². The van der Waals surface area contributed by atoms with Gasteiger partial charge in [0.2, 0.25) is 5.91 Å². The van der Waals surface area contributed by atoms with Crippen molar-refractivity contribution >= 4 is 11.9 Å². The number of likely N-dealkylation sites (tertiary alicyclic amines) is 1. The molecular weight excluding hydrogens is 268 g/mol. The molecule has 0 spiro atoms. The van der Waals surface area contributed by atoms with Crippen molar-refractivity contribution in [2.75, 3.05) is 13.1 Å². The van der Waals surface area contributed by atoms with Crippen LogP contribution in [-0.4, -0.2) is 35.0 Å². The summed E-state index contributed by atoms with van der Waals surface area (Å²) in [5.74, 6) is -0.629. The summed E-state index contributed by atoms with van der Waals surface area (Å²) in [6.07, 6.45) is 2.49. The van der Waals surface area contributed by atoms with Gasteiger partial charge in [-0.25, -0.2) is 0 Å². The molecule has 1 aliphatic rings. The van der Waals surface area contributed by atoms with Crippen LogP contribution in [0.4, 0.5) is 0 Å². The molecule has 1 aromatic rings. The van der Waals surface area contributed by atoms with Gasteiger partial charge in [0.1, 0.15) is 0 Å². The zero-order valence-corrected chi connectivity index (χ0v) is 12.1. The minimum atomic E-state index is -0.803. The lowest BCUT2D eigenvalue weighted by atomic mass is 9.93. The fourth-order valence-electron chi connectivity index (χ4n) is 2.92. The second-order valence-electron chi connectivity index (χ2n) is 5.73. The second kappa shape index (κ2) is 7.22.